The quantitative estimate of drug-likeness (QED) is 0.00743. The van der Waals surface area contributed by atoms with Gasteiger partial charge in [-0.2, -0.15) is 22.7 Å². The highest BCUT2D eigenvalue weighted by molar-refractivity contribution is 7.99. The van der Waals surface area contributed by atoms with Gasteiger partial charge in [0.05, 0.1) is 73.8 Å². The number of carbonyl (C=O) groups excluding carboxylic acids is 2. The van der Waals surface area contributed by atoms with Gasteiger partial charge in [-0.3, -0.25) is 49.5 Å². The highest BCUT2D eigenvalue weighted by atomic mass is 32.2. The Kier molecular flexibility index (Phi) is 52.1. The number of thioether (sulfide) groups is 1. The van der Waals surface area contributed by atoms with Crippen LogP contribution in [0, 0.1) is 29.6 Å². The number of ether oxygens (including phenoxy) is 2. The zero-order chi connectivity index (χ0) is 78.6. The monoisotopic (exact) mass is 1600 g/mol. The van der Waals surface area contributed by atoms with Crippen LogP contribution in [-0.4, -0.2) is 149 Å². The van der Waals surface area contributed by atoms with Crippen molar-refractivity contribution in [2.24, 2.45) is 51.1 Å². The fourth-order valence-electron chi connectivity index (χ4n) is 9.85. The number of sulfone groups is 1. The Hall–Kier alpha value is -10.7. The number of carbonyl (C=O) groups is 2. The van der Waals surface area contributed by atoms with Crippen molar-refractivity contribution in [1.82, 2.24) is 70.3 Å². The lowest BCUT2D eigenvalue weighted by molar-refractivity contribution is -0.143. The Morgan fingerprint density at radius 3 is 1.29 bits per heavy atom. The summed E-state index contributed by atoms with van der Waals surface area (Å²) in [6.45, 7) is 20.9. The third kappa shape index (κ3) is 37.3. The van der Waals surface area contributed by atoms with Crippen LogP contribution in [0.2, 0.25) is 0 Å². The van der Waals surface area contributed by atoms with E-state index in [1.165, 1.54) is 18.9 Å². The number of rotatable bonds is 26. The fraction of sp³-hybridized carbons (Fsp3) is 0.418. The second-order valence-corrected chi connectivity index (χ2v) is 29.6. The van der Waals surface area contributed by atoms with Crippen LogP contribution in [0.5, 0.6) is 0 Å². The van der Waals surface area contributed by atoms with Gasteiger partial charge in [0.15, 0.2) is 0 Å². The topological polar surface area (TPSA) is 414 Å². The molecule has 5 atom stereocenters. The molecule has 0 aliphatic rings. The Labute approximate surface area is 667 Å². The number of aliphatic hydroxyl groups excluding tert-OH is 1. The van der Waals surface area contributed by atoms with Gasteiger partial charge in [-0.1, -0.05) is 196 Å². The molecule has 8 heterocycles. The SMILES string of the molecule is C.C.C.C.C.CC(C)C(CO)c1ccccn1.CC(C)C(COS(C)(=O)=O)c1ccccn1.CC(C)C(CS(=O)(=O)c1nnnn1-c1ccccc1)c1ccccn1.CC(C)C(CSc1nnnn1-c1ccccc1)c1ccccn1.COC(=O)C(c1ccccn1)C(C)C.COC(=O)Cc1ccccn1.[N-]=[N+]=N/N=N/N. The van der Waals surface area contributed by atoms with Gasteiger partial charge in [-0.05, 0) is 148 Å². The molecular weight excluding hydrogens is 1490 g/mol. The van der Waals surface area contributed by atoms with E-state index in [1.807, 2.05) is 175 Å². The number of esters is 2. The molecule has 5 unspecified atom stereocenters. The summed E-state index contributed by atoms with van der Waals surface area (Å²) in [5.74, 6) is 6.24. The Bertz CT molecular complexity index is 4390. The normalized spacial score (nSPS) is 11.8. The summed E-state index contributed by atoms with van der Waals surface area (Å²) in [6, 6.07) is 52.9. The van der Waals surface area contributed by atoms with E-state index in [2.05, 4.69) is 126 Å². The predicted molar refractivity (Wildman–Crippen MR) is 442 cm³/mol. The number of methoxy groups -OCH3 is 2. The summed E-state index contributed by atoms with van der Waals surface area (Å²) < 4.78 is 65.0. The summed E-state index contributed by atoms with van der Waals surface area (Å²) in [5, 5.41) is 40.9. The van der Waals surface area contributed by atoms with E-state index in [0.29, 0.717) is 23.4 Å². The maximum absolute atomic E-state index is 13.0. The number of hydrogen-bond donors (Lipinski definition) is 2. The molecule has 3 N–H and O–H groups in total. The third-order valence-corrected chi connectivity index (χ3v) is 18.9. The van der Waals surface area contributed by atoms with E-state index in [0.717, 1.165) is 57.0 Å². The van der Waals surface area contributed by atoms with Crippen molar-refractivity contribution >= 4 is 43.7 Å². The molecule has 10 aromatic rings. The summed E-state index contributed by atoms with van der Waals surface area (Å²) in [7, 11) is -4.32. The standard InChI is InChI=1S/C17H19N5O2S.C17H19N5S.C11H17NO3S.C11H15NO2.C10H15NO.C8H9NO2.5CH4.H2N6/c1-13(2)15(16-10-6-7-11-18-16)12-25(23,24)17-19-20-21-22(17)14-8-4-3-5-9-14;1-13(2)15(16-10-6-7-11-18-16)12-23-17-19-20-21-22(17)14-8-4-3-5-9-14;1-9(2)10(8-15-16(3,13)14)11-6-4-5-7-12-11;1-8(2)10(11(13)14-3)9-6-4-5-7-12-9;1-8(2)9(7-12)10-5-3-4-6-11-10;1-11-8(10)6-7-4-2-3-5-9-7;;;;;;1-3-5-6-4-2/h3-11,13,15H,12H2,1-2H3;3-11,13,15H,12H2,1-2H3;4-7,9-10H,8H2,1-3H3;4-8,10H,1-3H3;3-6,8-9,12H,7H2,1-2H3;2-5H,6H2,1H3;5*1H4;(H2,1,5). The van der Waals surface area contributed by atoms with Gasteiger partial charge in [0.25, 0.3) is 15.3 Å². The largest absolute Gasteiger partial charge is 0.469 e. The molecule has 0 saturated heterocycles. The van der Waals surface area contributed by atoms with Crippen molar-refractivity contribution in [1.29, 1.82) is 0 Å². The Morgan fingerprint density at radius 2 is 0.920 bits per heavy atom. The first kappa shape index (κ1) is 103. The first-order valence-electron chi connectivity index (χ1n) is 34.0. The van der Waals surface area contributed by atoms with Crippen molar-refractivity contribution in [3.63, 3.8) is 0 Å². The molecule has 8 aromatic heterocycles. The molecule has 0 fully saturated rings. The first-order chi connectivity index (χ1) is 51.3. The van der Waals surface area contributed by atoms with Crippen LogP contribution in [0.15, 0.2) is 233 Å². The number of azide groups is 1. The zero-order valence-corrected chi connectivity index (χ0v) is 64.8. The molecule has 0 radical (unpaired) electrons. The van der Waals surface area contributed by atoms with Crippen LogP contribution in [0.3, 0.4) is 0 Å². The first-order valence-corrected chi connectivity index (χ1v) is 38.5. The van der Waals surface area contributed by atoms with Crippen molar-refractivity contribution in [2.45, 2.75) is 153 Å². The van der Waals surface area contributed by atoms with E-state index in [9.17, 15) is 26.4 Å². The van der Waals surface area contributed by atoms with E-state index in [4.69, 9.17) is 19.6 Å². The number of nitrogens with zero attached hydrogens (tertiary/aromatic N) is 19. The Balaban J connectivity index is 0. The van der Waals surface area contributed by atoms with Crippen LogP contribution < -0.4 is 5.84 Å². The fourth-order valence-corrected chi connectivity index (χ4v) is 13.2. The summed E-state index contributed by atoms with van der Waals surface area (Å²) in [4.78, 5) is 49.8. The number of aliphatic hydroxyl groups is 1. The van der Waals surface area contributed by atoms with Gasteiger partial charge in [-0.15, -0.1) is 10.6 Å². The predicted octanol–water partition coefficient (Wildman–Crippen LogP) is 16.0. The van der Waals surface area contributed by atoms with Crippen LogP contribution in [-0.2, 0) is 49.6 Å². The number of pyridine rings is 6. The van der Waals surface area contributed by atoms with Crippen LogP contribution in [0.25, 0.3) is 21.8 Å². The lowest BCUT2D eigenvalue weighted by atomic mass is 9.92. The summed E-state index contributed by atoms with van der Waals surface area (Å²) >= 11 is 1.67. The number of aromatic nitrogens is 14. The minimum absolute atomic E-state index is 0. The van der Waals surface area contributed by atoms with Gasteiger partial charge in [0.2, 0.25) is 15.0 Å². The molecule has 0 saturated carbocycles. The second-order valence-electron chi connectivity index (χ2n) is 25.1. The highest BCUT2D eigenvalue weighted by Gasteiger charge is 2.31. The maximum atomic E-state index is 13.0. The summed E-state index contributed by atoms with van der Waals surface area (Å²) in [6.07, 6.45) is 11.6. The molecule has 0 amide bonds. The van der Waals surface area contributed by atoms with Crippen molar-refractivity contribution in [3.05, 3.63) is 252 Å². The lowest BCUT2D eigenvalue weighted by Gasteiger charge is -2.19. The second kappa shape index (κ2) is 56.5. The Morgan fingerprint density at radius 1 is 0.518 bits per heavy atom. The molecule has 2 aromatic carbocycles. The molecular formula is C79H116N20O10S3. The number of benzene rings is 2. The molecule has 0 spiro atoms. The average Bonchev–Trinajstić information content (AvgIpc) is 1.57. The van der Waals surface area contributed by atoms with Crippen LogP contribution >= 0.6 is 11.8 Å². The molecule has 112 heavy (non-hydrogen) atoms. The lowest BCUT2D eigenvalue weighted by Crippen LogP contribution is -2.22. The number of hydrogen-bond acceptors (Lipinski definition) is 24. The minimum Gasteiger partial charge on any atom is -0.469 e. The molecule has 610 valence electrons. The van der Waals surface area contributed by atoms with Gasteiger partial charge in [0, 0.05) is 94.6 Å². The van der Waals surface area contributed by atoms with E-state index < -0.39 is 20.0 Å². The van der Waals surface area contributed by atoms with Gasteiger partial charge in [-0.25, -0.2) is 8.42 Å². The summed E-state index contributed by atoms with van der Waals surface area (Å²) in [5.41, 5.74) is 14.2. The molecule has 0 aliphatic heterocycles. The van der Waals surface area contributed by atoms with Crippen LogP contribution in [0.1, 0.15) is 170 Å². The molecule has 10 rings (SSSR count). The minimum atomic E-state index is -3.70. The van der Waals surface area contributed by atoms with E-state index in [1.54, 1.807) is 83.8 Å². The van der Waals surface area contributed by atoms with E-state index in [-0.39, 0.29) is 121 Å². The number of nitrogens with two attached hydrogens (primary N) is 1. The van der Waals surface area contributed by atoms with Crippen molar-refractivity contribution < 1.29 is 45.2 Å². The molecule has 33 heteroatoms. The number of para-hydroxylation sites is 2. The van der Waals surface area contributed by atoms with Crippen molar-refractivity contribution in [3.8, 4) is 11.4 Å². The van der Waals surface area contributed by atoms with Gasteiger partial charge < -0.3 is 14.6 Å². The van der Waals surface area contributed by atoms with Gasteiger partial charge in [0.1, 0.15) is 11.1 Å². The zero-order valence-electron chi connectivity index (χ0n) is 62.4. The highest BCUT2D eigenvalue weighted by Crippen LogP contribution is 2.32. The number of tetrazole rings is 2. The molecule has 0 bridgehead atoms. The van der Waals surface area contributed by atoms with E-state index >= 15 is 0 Å². The van der Waals surface area contributed by atoms with Crippen LogP contribution in [0.4, 0.5) is 0 Å². The van der Waals surface area contributed by atoms with Gasteiger partial charge >= 0.3 is 11.9 Å². The third-order valence-electron chi connectivity index (χ3n) is 15.6. The average molecular weight is 1600 g/mol. The van der Waals surface area contributed by atoms with Crippen molar-refractivity contribution in [2.75, 3.05) is 45.2 Å². The maximum Gasteiger partial charge on any atom is 0.315 e. The smallest absolute Gasteiger partial charge is 0.315 e. The molecule has 0 aliphatic carbocycles. The molecule has 30 nitrogen and oxygen atoms in total.